The van der Waals surface area contributed by atoms with Gasteiger partial charge in [-0.1, -0.05) is 18.2 Å². The van der Waals surface area contributed by atoms with Crippen LogP contribution >= 0.6 is 0 Å². The Morgan fingerprint density at radius 2 is 1.79 bits per heavy atom. The summed E-state index contributed by atoms with van der Waals surface area (Å²) in [6.45, 7) is 6.06. The molecule has 6 heteroatoms. The summed E-state index contributed by atoms with van der Waals surface area (Å²) < 4.78 is 32.8. The Balaban J connectivity index is 2.85. The number of ether oxygens (including phenoxy) is 1. The molecule has 1 aromatic rings. The number of hydrogen-bond donors (Lipinski definition) is 1. The Labute approximate surface area is 115 Å². The maximum atomic E-state index is 11.7. The first-order valence-corrected chi connectivity index (χ1v) is 7.50. The van der Waals surface area contributed by atoms with Crippen molar-refractivity contribution in [2.75, 3.05) is 14.1 Å². The molecule has 0 fully saturated rings. The fraction of sp³-hybridized carbons (Fsp3) is 0.538. The number of nitrogens with one attached hydrogen (secondary N) is 1. The summed E-state index contributed by atoms with van der Waals surface area (Å²) >= 11 is 0. The topological polar surface area (TPSA) is 58.6 Å². The fourth-order valence-electron chi connectivity index (χ4n) is 1.38. The van der Waals surface area contributed by atoms with E-state index in [1.165, 1.54) is 14.1 Å². The molecule has 0 aliphatic heterocycles. The first kappa shape index (κ1) is 15.9. The number of para-hydroxylation sites is 1. The summed E-state index contributed by atoms with van der Waals surface area (Å²) in [7, 11) is -0.457. The average molecular weight is 286 g/mol. The van der Waals surface area contributed by atoms with Crippen LogP contribution in [0.15, 0.2) is 24.3 Å². The molecular formula is C13H22N2O3S. The monoisotopic (exact) mass is 286 g/mol. The van der Waals surface area contributed by atoms with E-state index in [1.54, 1.807) is 0 Å². The van der Waals surface area contributed by atoms with Gasteiger partial charge < -0.3 is 4.74 Å². The molecule has 1 rings (SSSR count). The van der Waals surface area contributed by atoms with Crippen LogP contribution in [-0.2, 0) is 16.8 Å². The zero-order valence-electron chi connectivity index (χ0n) is 12.1. The molecule has 0 amide bonds. The van der Waals surface area contributed by atoms with Crippen molar-refractivity contribution in [3.63, 3.8) is 0 Å². The van der Waals surface area contributed by atoms with Crippen LogP contribution in [-0.4, -0.2) is 32.4 Å². The van der Waals surface area contributed by atoms with E-state index in [0.717, 1.165) is 9.87 Å². The lowest BCUT2D eigenvalue weighted by molar-refractivity contribution is 0.129. The van der Waals surface area contributed by atoms with Crippen LogP contribution in [0.2, 0.25) is 0 Å². The summed E-state index contributed by atoms with van der Waals surface area (Å²) in [6, 6.07) is 7.41. The van der Waals surface area contributed by atoms with Gasteiger partial charge >= 0.3 is 0 Å². The molecule has 0 bridgehead atoms. The Morgan fingerprint density at radius 1 is 1.21 bits per heavy atom. The first-order chi connectivity index (χ1) is 8.62. The van der Waals surface area contributed by atoms with E-state index < -0.39 is 10.2 Å². The lowest BCUT2D eigenvalue weighted by Crippen LogP contribution is -2.35. The van der Waals surface area contributed by atoms with Crippen LogP contribution in [0.3, 0.4) is 0 Å². The predicted octanol–water partition coefficient (Wildman–Crippen LogP) is 1.76. The molecule has 5 nitrogen and oxygen atoms in total. The van der Waals surface area contributed by atoms with Crippen LogP contribution in [0.5, 0.6) is 5.75 Å². The minimum atomic E-state index is -3.43. The molecule has 108 valence electrons. The molecular weight excluding hydrogens is 264 g/mol. The summed E-state index contributed by atoms with van der Waals surface area (Å²) in [5, 5.41) is 0. The second kappa shape index (κ2) is 5.90. The third-order valence-corrected chi connectivity index (χ3v) is 3.79. The maximum Gasteiger partial charge on any atom is 0.279 e. The molecule has 0 spiro atoms. The molecule has 1 aromatic carbocycles. The molecule has 0 radical (unpaired) electrons. The van der Waals surface area contributed by atoms with Gasteiger partial charge in [-0.3, -0.25) is 0 Å². The Hall–Kier alpha value is -1.11. The molecule has 1 N–H and O–H groups in total. The van der Waals surface area contributed by atoms with Gasteiger partial charge in [0.25, 0.3) is 10.2 Å². The lowest BCUT2D eigenvalue weighted by Gasteiger charge is -2.23. The van der Waals surface area contributed by atoms with Crippen molar-refractivity contribution in [3.8, 4) is 5.75 Å². The van der Waals surface area contributed by atoms with Crippen LogP contribution in [0.4, 0.5) is 0 Å². The molecule has 0 unspecified atom stereocenters. The highest BCUT2D eigenvalue weighted by atomic mass is 32.2. The van der Waals surface area contributed by atoms with E-state index in [9.17, 15) is 8.42 Å². The van der Waals surface area contributed by atoms with Gasteiger partial charge in [-0.05, 0) is 26.8 Å². The van der Waals surface area contributed by atoms with Gasteiger partial charge in [-0.15, -0.1) is 0 Å². The molecule has 0 aromatic heterocycles. The summed E-state index contributed by atoms with van der Waals surface area (Å²) in [6.07, 6.45) is 0. The number of hydrogen-bond acceptors (Lipinski definition) is 3. The second-order valence-corrected chi connectivity index (χ2v) is 7.40. The second-order valence-electron chi connectivity index (χ2n) is 5.43. The van der Waals surface area contributed by atoms with Gasteiger partial charge in [0.05, 0.1) is 0 Å². The van der Waals surface area contributed by atoms with Crippen molar-refractivity contribution in [2.45, 2.75) is 32.9 Å². The smallest absolute Gasteiger partial charge is 0.279 e. The van der Waals surface area contributed by atoms with E-state index in [0.29, 0.717) is 5.75 Å². The normalized spacial score (nSPS) is 12.7. The van der Waals surface area contributed by atoms with Gasteiger partial charge in [0, 0.05) is 26.2 Å². The minimum Gasteiger partial charge on any atom is -0.488 e. The summed E-state index contributed by atoms with van der Waals surface area (Å²) in [5.74, 6) is 0.691. The molecule has 0 aliphatic rings. The predicted molar refractivity (Wildman–Crippen MR) is 76.3 cm³/mol. The minimum absolute atomic E-state index is 0.201. The van der Waals surface area contributed by atoms with Gasteiger partial charge in [0.1, 0.15) is 11.4 Å². The highest BCUT2D eigenvalue weighted by molar-refractivity contribution is 7.87. The molecule has 0 aliphatic carbocycles. The number of nitrogens with zero attached hydrogens (tertiary/aromatic N) is 1. The number of benzene rings is 1. The standard InChI is InChI=1S/C13H22N2O3S/c1-13(2,3)18-12-9-7-6-8-11(12)10-14-19(16,17)15(4)5/h6-9,14H,10H2,1-5H3. The maximum absolute atomic E-state index is 11.7. The zero-order valence-corrected chi connectivity index (χ0v) is 12.9. The molecule has 19 heavy (non-hydrogen) atoms. The molecule has 0 atom stereocenters. The van der Waals surface area contributed by atoms with Crippen molar-refractivity contribution < 1.29 is 13.2 Å². The van der Waals surface area contributed by atoms with E-state index >= 15 is 0 Å². The largest absolute Gasteiger partial charge is 0.488 e. The van der Waals surface area contributed by atoms with Crippen molar-refractivity contribution in [1.29, 1.82) is 0 Å². The quantitative estimate of drug-likeness (QED) is 0.897. The zero-order chi connectivity index (χ0) is 14.7. The van der Waals surface area contributed by atoms with Crippen LogP contribution in [0.25, 0.3) is 0 Å². The van der Waals surface area contributed by atoms with Gasteiger partial charge in [-0.2, -0.15) is 17.4 Å². The average Bonchev–Trinajstić information content (AvgIpc) is 2.25. The lowest BCUT2D eigenvalue weighted by atomic mass is 10.1. The van der Waals surface area contributed by atoms with E-state index in [2.05, 4.69) is 4.72 Å². The Morgan fingerprint density at radius 3 is 2.32 bits per heavy atom. The van der Waals surface area contributed by atoms with Gasteiger partial charge in [0.15, 0.2) is 0 Å². The SMILES string of the molecule is CN(C)S(=O)(=O)NCc1ccccc1OC(C)(C)C. The molecule has 0 saturated heterocycles. The van der Waals surface area contributed by atoms with Crippen LogP contribution < -0.4 is 9.46 Å². The van der Waals surface area contributed by atoms with Gasteiger partial charge in [0.2, 0.25) is 0 Å². The third-order valence-electron chi connectivity index (χ3n) is 2.31. The molecule has 0 heterocycles. The summed E-state index contributed by atoms with van der Waals surface area (Å²) in [5.41, 5.74) is 0.485. The fourth-order valence-corrected chi connectivity index (χ4v) is 1.97. The van der Waals surface area contributed by atoms with E-state index in [1.807, 2.05) is 45.0 Å². The Kier molecular flexibility index (Phi) is 4.95. The summed E-state index contributed by atoms with van der Waals surface area (Å²) in [4.78, 5) is 0. The molecule has 0 saturated carbocycles. The Bertz CT molecular complexity index is 519. The van der Waals surface area contributed by atoms with Crippen molar-refractivity contribution >= 4 is 10.2 Å². The van der Waals surface area contributed by atoms with E-state index in [-0.39, 0.29) is 12.1 Å². The third kappa shape index (κ3) is 5.18. The highest BCUT2D eigenvalue weighted by Crippen LogP contribution is 2.23. The van der Waals surface area contributed by atoms with Crippen LogP contribution in [0.1, 0.15) is 26.3 Å². The van der Waals surface area contributed by atoms with Crippen molar-refractivity contribution in [2.24, 2.45) is 0 Å². The van der Waals surface area contributed by atoms with Crippen molar-refractivity contribution in [3.05, 3.63) is 29.8 Å². The van der Waals surface area contributed by atoms with Crippen molar-refractivity contribution in [1.82, 2.24) is 9.03 Å². The number of rotatable bonds is 5. The first-order valence-electron chi connectivity index (χ1n) is 6.06. The highest BCUT2D eigenvalue weighted by Gasteiger charge is 2.17. The van der Waals surface area contributed by atoms with E-state index in [4.69, 9.17) is 4.74 Å². The van der Waals surface area contributed by atoms with Gasteiger partial charge in [-0.25, -0.2) is 0 Å². The van der Waals surface area contributed by atoms with Crippen LogP contribution in [0, 0.1) is 0 Å².